The van der Waals surface area contributed by atoms with Crippen molar-refractivity contribution in [3.05, 3.63) is 29.6 Å². The number of piperidine rings is 1. The average Bonchev–Trinajstić information content (AvgIpc) is 2.40. The fraction of sp³-hybridized carbons (Fsp3) is 0.571. The molecule has 1 atom stereocenters. The van der Waals surface area contributed by atoms with Gasteiger partial charge in [-0.1, -0.05) is 6.92 Å². The monoisotopic (exact) mass is 252 g/mol. The van der Waals surface area contributed by atoms with E-state index < -0.39 is 0 Å². The number of hydrogen-bond acceptors (Lipinski definition) is 3. The Morgan fingerprint density at radius 3 is 3.11 bits per heavy atom. The van der Waals surface area contributed by atoms with E-state index in [-0.39, 0.29) is 11.6 Å². The van der Waals surface area contributed by atoms with Gasteiger partial charge in [-0.05, 0) is 44.1 Å². The van der Waals surface area contributed by atoms with Crippen molar-refractivity contribution >= 4 is 0 Å². The molecule has 0 spiro atoms. The van der Waals surface area contributed by atoms with E-state index in [4.69, 9.17) is 0 Å². The number of phenolic OH excluding ortho intramolecular Hbond substituents is 1. The Hall–Kier alpha value is -1.13. The van der Waals surface area contributed by atoms with Gasteiger partial charge in [-0.25, -0.2) is 4.39 Å². The molecule has 1 unspecified atom stereocenters. The molecule has 0 amide bonds. The molecule has 1 heterocycles. The predicted octanol–water partition coefficient (Wildman–Crippen LogP) is 2.11. The van der Waals surface area contributed by atoms with Crippen LogP contribution in [0.1, 0.15) is 25.3 Å². The van der Waals surface area contributed by atoms with Crippen molar-refractivity contribution in [2.75, 3.05) is 19.6 Å². The maximum absolute atomic E-state index is 13.1. The first kappa shape index (κ1) is 13.3. The number of nitrogens with zero attached hydrogens (tertiary/aromatic N) is 1. The summed E-state index contributed by atoms with van der Waals surface area (Å²) in [6.45, 7) is 5.96. The molecule has 0 saturated carbocycles. The third kappa shape index (κ3) is 3.43. The molecule has 2 rings (SSSR count). The third-order valence-corrected chi connectivity index (χ3v) is 3.58. The lowest BCUT2D eigenvalue weighted by Crippen LogP contribution is -2.45. The molecular formula is C14H21FN2O. The second-order valence-electron chi connectivity index (χ2n) is 4.89. The van der Waals surface area contributed by atoms with E-state index in [1.54, 1.807) is 0 Å². The Bertz CT molecular complexity index is 397. The molecule has 1 aromatic carbocycles. The number of halogens is 1. The Labute approximate surface area is 108 Å². The lowest BCUT2D eigenvalue weighted by Gasteiger charge is -2.32. The average molecular weight is 252 g/mol. The van der Waals surface area contributed by atoms with Crippen LogP contribution in [0.25, 0.3) is 0 Å². The summed E-state index contributed by atoms with van der Waals surface area (Å²) in [5.74, 6) is -0.143. The standard InChI is InChI=1S/C14H21FN2O/c1-2-17-7-3-4-13(10-17)16-9-11-8-12(15)5-6-14(11)18/h5-6,8,13,16,18H,2-4,7,9-10H2,1H3. The van der Waals surface area contributed by atoms with Gasteiger partial charge in [0.15, 0.2) is 0 Å². The summed E-state index contributed by atoms with van der Waals surface area (Å²) >= 11 is 0. The molecule has 100 valence electrons. The fourth-order valence-electron chi connectivity index (χ4n) is 2.46. The van der Waals surface area contributed by atoms with Crippen molar-refractivity contribution in [1.29, 1.82) is 0 Å². The minimum Gasteiger partial charge on any atom is -0.508 e. The van der Waals surface area contributed by atoms with Gasteiger partial charge in [-0.3, -0.25) is 0 Å². The first-order chi connectivity index (χ1) is 8.69. The van der Waals surface area contributed by atoms with E-state index >= 15 is 0 Å². The lowest BCUT2D eigenvalue weighted by molar-refractivity contribution is 0.198. The number of rotatable bonds is 4. The molecule has 1 fully saturated rings. The highest BCUT2D eigenvalue weighted by atomic mass is 19.1. The zero-order valence-corrected chi connectivity index (χ0v) is 10.8. The van der Waals surface area contributed by atoms with Crippen LogP contribution in [0.15, 0.2) is 18.2 Å². The van der Waals surface area contributed by atoms with Crippen molar-refractivity contribution in [1.82, 2.24) is 10.2 Å². The van der Waals surface area contributed by atoms with Crippen LogP contribution in [-0.2, 0) is 6.54 Å². The third-order valence-electron chi connectivity index (χ3n) is 3.58. The summed E-state index contributed by atoms with van der Waals surface area (Å²) in [4.78, 5) is 2.41. The summed E-state index contributed by atoms with van der Waals surface area (Å²) in [5, 5.41) is 13.0. The van der Waals surface area contributed by atoms with E-state index in [1.807, 2.05) is 0 Å². The Balaban J connectivity index is 1.89. The van der Waals surface area contributed by atoms with Crippen LogP contribution < -0.4 is 5.32 Å². The van der Waals surface area contributed by atoms with Gasteiger partial charge in [0.1, 0.15) is 11.6 Å². The van der Waals surface area contributed by atoms with E-state index in [0.29, 0.717) is 18.2 Å². The van der Waals surface area contributed by atoms with E-state index in [0.717, 1.165) is 19.5 Å². The molecule has 1 aliphatic rings. The van der Waals surface area contributed by atoms with Crippen LogP contribution in [0, 0.1) is 5.82 Å². The first-order valence-electron chi connectivity index (χ1n) is 6.62. The number of benzene rings is 1. The second-order valence-corrected chi connectivity index (χ2v) is 4.89. The van der Waals surface area contributed by atoms with Gasteiger partial charge >= 0.3 is 0 Å². The minimum atomic E-state index is -0.302. The number of hydrogen-bond donors (Lipinski definition) is 2. The fourth-order valence-corrected chi connectivity index (χ4v) is 2.46. The van der Waals surface area contributed by atoms with Gasteiger partial charge in [0, 0.05) is 24.7 Å². The number of likely N-dealkylation sites (N-methyl/N-ethyl adjacent to an activating group) is 1. The Morgan fingerprint density at radius 2 is 2.33 bits per heavy atom. The van der Waals surface area contributed by atoms with Crippen LogP contribution in [0.4, 0.5) is 4.39 Å². The summed E-state index contributed by atoms with van der Waals surface area (Å²) in [6, 6.07) is 4.51. The number of phenols is 1. The highest BCUT2D eigenvalue weighted by Gasteiger charge is 2.18. The SMILES string of the molecule is CCN1CCCC(NCc2cc(F)ccc2O)C1. The Morgan fingerprint density at radius 1 is 1.50 bits per heavy atom. The zero-order chi connectivity index (χ0) is 13.0. The van der Waals surface area contributed by atoms with Crippen LogP contribution in [-0.4, -0.2) is 35.7 Å². The van der Waals surface area contributed by atoms with Crippen molar-refractivity contribution in [3.63, 3.8) is 0 Å². The summed E-state index contributed by atoms with van der Waals surface area (Å²) in [7, 11) is 0. The highest BCUT2D eigenvalue weighted by Crippen LogP contribution is 2.18. The lowest BCUT2D eigenvalue weighted by atomic mass is 10.1. The normalized spacial score (nSPS) is 21.1. The molecule has 2 N–H and O–H groups in total. The maximum atomic E-state index is 13.1. The van der Waals surface area contributed by atoms with E-state index in [2.05, 4.69) is 17.1 Å². The van der Waals surface area contributed by atoms with Gasteiger partial charge in [0.2, 0.25) is 0 Å². The van der Waals surface area contributed by atoms with Crippen molar-refractivity contribution in [2.45, 2.75) is 32.4 Å². The van der Waals surface area contributed by atoms with Crippen molar-refractivity contribution < 1.29 is 9.50 Å². The zero-order valence-electron chi connectivity index (χ0n) is 10.8. The predicted molar refractivity (Wildman–Crippen MR) is 70.0 cm³/mol. The highest BCUT2D eigenvalue weighted by molar-refractivity contribution is 5.32. The van der Waals surface area contributed by atoms with Crippen LogP contribution in [0.3, 0.4) is 0 Å². The molecule has 0 radical (unpaired) electrons. The molecule has 0 aliphatic carbocycles. The molecule has 1 aromatic rings. The van der Waals surface area contributed by atoms with Gasteiger partial charge in [-0.15, -0.1) is 0 Å². The summed E-state index contributed by atoms with van der Waals surface area (Å²) in [5.41, 5.74) is 0.628. The second kappa shape index (κ2) is 6.16. The van der Waals surface area contributed by atoms with Crippen LogP contribution in [0.5, 0.6) is 5.75 Å². The quantitative estimate of drug-likeness (QED) is 0.861. The molecular weight excluding hydrogens is 231 g/mol. The molecule has 18 heavy (non-hydrogen) atoms. The molecule has 1 aliphatic heterocycles. The smallest absolute Gasteiger partial charge is 0.123 e. The molecule has 1 saturated heterocycles. The van der Waals surface area contributed by atoms with Crippen molar-refractivity contribution in [3.8, 4) is 5.75 Å². The molecule has 0 bridgehead atoms. The molecule has 3 nitrogen and oxygen atoms in total. The van der Waals surface area contributed by atoms with Gasteiger partial charge < -0.3 is 15.3 Å². The largest absolute Gasteiger partial charge is 0.508 e. The first-order valence-corrected chi connectivity index (χ1v) is 6.62. The number of likely N-dealkylation sites (tertiary alicyclic amines) is 1. The molecule has 4 heteroatoms. The maximum Gasteiger partial charge on any atom is 0.123 e. The topological polar surface area (TPSA) is 35.5 Å². The molecule has 0 aromatic heterocycles. The number of aromatic hydroxyl groups is 1. The van der Waals surface area contributed by atoms with Crippen LogP contribution >= 0.6 is 0 Å². The van der Waals surface area contributed by atoms with Crippen LogP contribution in [0.2, 0.25) is 0 Å². The number of nitrogens with one attached hydrogen (secondary N) is 1. The van der Waals surface area contributed by atoms with E-state index in [1.165, 1.54) is 31.2 Å². The van der Waals surface area contributed by atoms with Gasteiger partial charge in [0.25, 0.3) is 0 Å². The minimum absolute atomic E-state index is 0.159. The summed E-state index contributed by atoms with van der Waals surface area (Å²) < 4.78 is 13.1. The van der Waals surface area contributed by atoms with E-state index in [9.17, 15) is 9.50 Å². The van der Waals surface area contributed by atoms with Crippen molar-refractivity contribution in [2.24, 2.45) is 0 Å². The summed E-state index contributed by atoms with van der Waals surface area (Å²) in [6.07, 6.45) is 2.34. The Kier molecular flexibility index (Phi) is 4.55. The van der Waals surface area contributed by atoms with Gasteiger partial charge in [-0.2, -0.15) is 0 Å². The van der Waals surface area contributed by atoms with Gasteiger partial charge in [0.05, 0.1) is 0 Å².